The molecule has 0 atom stereocenters. The highest BCUT2D eigenvalue weighted by atomic mass is 35.5. The lowest BCUT2D eigenvalue weighted by atomic mass is 10.5. The summed E-state index contributed by atoms with van der Waals surface area (Å²) >= 11 is 5.14. The molecule has 0 radical (unpaired) electrons. The van der Waals surface area contributed by atoms with E-state index in [1.165, 1.54) is 0 Å². The van der Waals surface area contributed by atoms with Crippen LogP contribution in [0.1, 0.15) is 13.3 Å². The molecule has 68 valence electrons. The van der Waals surface area contributed by atoms with Crippen LogP contribution < -0.4 is 5.73 Å². The fourth-order valence-electron chi connectivity index (χ4n) is 0.202. The van der Waals surface area contributed by atoms with Gasteiger partial charge in [-0.3, -0.25) is 0 Å². The van der Waals surface area contributed by atoms with Crippen LogP contribution in [0.3, 0.4) is 0 Å². The Hall–Kier alpha value is -0.480. The second-order valence-electron chi connectivity index (χ2n) is 1.52. The molecule has 0 aliphatic rings. The van der Waals surface area contributed by atoms with Crippen molar-refractivity contribution in [2.75, 3.05) is 19.1 Å². The molecule has 0 saturated carbocycles. The molecule has 3 N–H and O–H groups in total. The number of ether oxygens (including phenoxy) is 1. The summed E-state index contributed by atoms with van der Waals surface area (Å²) < 4.78 is 4.18. The SMILES string of the molecule is CCOC(N)=O.OCCCCl. The molecule has 0 fully saturated rings. The van der Waals surface area contributed by atoms with Gasteiger partial charge in [0.05, 0.1) is 6.61 Å². The van der Waals surface area contributed by atoms with Gasteiger partial charge in [-0.15, -0.1) is 11.6 Å². The molecule has 0 aromatic carbocycles. The molecule has 0 saturated heterocycles. The minimum atomic E-state index is -0.711. The number of nitrogens with two attached hydrogens (primary N) is 1. The summed E-state index contributed by atoms with van der Waals surface area (Å²) in [6.07, 6.45) is -0.000772. The maximum Gasteiger partial charge on any atom is 0.404 e. The van der Waals surface area contributed by atoms with E-state index in [0.717, 1.165) is 0 Å². The normalized spacial score (nSPS) is 7.91. The highest BCUT2D eigenvalue weighted by Crippen LogP contribution is 1.77. The number of hydrogen-bond donors (Lipinski definition) is 2. The molecule has 0 aromatic heterocycles. The number of aliphatic hydroxyl groups is 1. The van der Waals surface area contributed by atoms with Gasteiger partial charge in [-0.05, 0) is 13.3 Å². The van der Waals surface area contributed by atoms with Gasteiger partial charge >= 0.3 is 6.09 Å². The number of carbonyl (C=O) groups is 1. The number of carbonyl (C=O) groups excluding carboxylic acids is 1. The van der Waals surface area contributed by atoms with Gasteiger partial charge in [0.1, 0.15) is 0 Å². The second-order valence-corrected chi connectivity index (χ2v) is 1.90. The summed E-state index contributed by atoms with van der Waals surface area (Å²) in [5.74, 6) is 0.566. The molecule has 5 heteroatoms. The predicted octanol–water partition coefficient (Wildman–Crippen LogP) is 0.709. The third-order valence-corrected chi connectivity index (χ3v) is 0.846. The quantitative estimate of drug-likeness (QED) is 0.633. The van der Waals surface area contributed by atoms with E-state index in [4.69, 9.17) is 16.7 Å². The third-order valence-electron chi connectivity index (χ3n) is 0.578. The molecule has 0 aliphatic carbocycles. The molecule has 0 heterocycles. The number of rotatable bonds is 3. The van der Waals surface area contributed by atoms with E-state index < -0.39 is 6.09 Å². The van der Waals surface area contributed by atoms with E-state index in [2.05, 4.69) is 10.5 Å². The Kier molecular flexibility index (Phi) is 14.6. The van der Waals surface area contributed by atoms with Crippen molar-refractivity contribution < 1.29 is 14.6 Å². The summed E-state index contributed by atoms with van der Waals surface area (Å²) in [7, 11) is 0. The Labute approximate surface area is 71.3 Å². The Balaban J connectivity index is 0. The number of aliphatic hydroxyl groups excluding tert-OH is 1. The van der Waals surface area contributed by atoms with Gasteiger partial charge in [0.2, 0.25) is 0 Å². The molecule has 11 heavy (non-hydrogen) atoms. The molecular weight excluding hydrogens is 170 g/mol. The van der Waals surface area contributed by atoms with Crippen LogP contribution in [0.15, 0.2) is 0 Å². The average Bonchev–Trinajstić information content (AvgIpc) is 1.90. The van der Waals surface area contributed by atoms with E-state index in [9.17, 15) is 4.79 Å². The van der Waals surface area contributed by atoms with Crippen LogP contribution in [0.5, 0.6) is 0 Å². The van der Waals surface area contributed by atoms with Gasteiger partial charge in [-0.1, -0.05) is 0 Å². The summed E-state index contributed by atoms with van der Waals surface area (Å²) in [6, 6.07) is 0. The molecular formula is C6H14ClNO3. The Morgan fingerprint density at radius 2 is 2.27 bits per heavy atom. The van der Waals surface area contributed by atoms with E-state index in [1.54, 1.807) is 6.92 Å². The van der Waals surface area contributed by atoms with Gasteiger partial charge in [0.15, 0.2) is 0 Å². The van der Waals surface area contributed by atoms with Crippen LogP contribution in [0, 0.1) is 0 Å². The summed E-state index contributed by atoms with van der Waals surface area (Å²) in [6.45, 7) is 2.27. The molecule has 4 nitrogen and oxygen atoms in total. The van der Waals surface area contributed by atoms with E-state index >= 15 is 0 Å². The van der Waals surface area contributed by atoms with Crippen molar-refractivity contribution >= 4 is 17.7 Å². The minimum absolute atomic E-state index is 0.212. The van der Waals surface area contributed by atoms with Crippen LogP contribution in [-0.2, 0) is 4.74 Å². The zero-order valence-corrected chi connectivity index (χ0v) is 7.30. The first kappa shape index (κ1) is 13.1. The van der Waals surface area contributed by atoms with Crippen molar-refractivity contribution in [3.63, 3.8) is 0 Å². The highest BCUT2D eigenvalue weighted by Gasteiger charge is 1.82. The first-order valence-corrected chi connectivity index (χ1v) is 3.81. The van der Waals surface area contributed by atoms with E-state index in [1.807, 2.05) is 0 Å². The van der Waals surface area contributed by atoms with Gasteiger partial charge in [0.25, 0.3) is 0 Å². The van der Waals surface area contributed by atoms with Crippen LogP contribution >= 0.6 is 11.6 Å². The molecule has 0 bridgehead atoms. The van der Waals surface area contributed by atoms with E-state index in [-0.39, 0.29) is 6.61 Å². The van der Waals surface area contributed by atoms with Crippen LogP contribution in [-0.4, -0.2) is 30.3 Å². The summed E-state index contributed by atoms with van der Waals surface area (Å²) in [5, 5.41) is 7.98. The molecule has 0 rings (SSSR count). The summed E-state index contributed by atoms with van der Waals surface area (Å²) in [4.78, 5) is 9.60. The standard InChI is InChI=1S/C3H7ClO.C3H7NO2/c4-2-1-3-5;1-2-6-3(4)5/h5H,1-3H2;2H2,1H3,(H2,4,5). The largest absolute Gasteiger partial charge is 0.450 e. The molecule has 0 aromatic rings. The summed E-state index contributed by atoms with van der Waals surface area (Å²) in [5.41, 5.74) is 4.54. The number of primary amides is 1. The molecule has 0 unspecified atom stereocenters. The maximum absolute atomic E-state index is 9.60. The van der Waals surface area contributed by atoms with Gasteiger partial charge < -0.3 is 15.6 Å². The number of halogens is 1. The Morgan fingerprint density at radius 3 is 2.27 bits per heavy atom. The fraction of sp³-hybridized carbons (Fsp3) is 0.833. The average molecular weight is 184 g/mol. The van der Waals surface area contributed by atoms with Crippen molar-refractivity contribution in [3.05, 3.63) is 0 Å². The maximum atomic E-state index is 9.60. The molecule has 0 spiro atoms. The predicted molar refractivity (Wildman–Crippen MR) is 43.6 cm³/mol. The highest BCUT2D eigenvalue weighted by molar-refractivity contribution is 6.17. The Morgan fingerprint density at radius 1 is 1.73 bits per heavy atom. The van der Waals surface area contributed by atoms with Crippen molar-refractivity contribution in [2.24, 2.45) is 5.73 Å². The second kappa shape index (κ2) is 12.2. The lowest BCUT2D eigenvalue weighted by molar-refractivity contribution is 0.163. The van der Waals surface area contributed by atoms with Crippen molar-refractivity contribution in [3.8, 4) is 0 Å². The van der Waals surface area contributed by atoms with Gasteiger partial charge in [-0.25, -0.2) is 4.79 Å². The molecule has 0 aliphatic heterocycles. The van der Waals surface area contributed by atoms with E-state index in [0.29, 0.717) is 18.9 Å². The lowest BCUT2D eigenvalue weighted by Crippen LogP contribution is -2.11. The molecule has 1 amide bonds. The number of alkyl halides is 1. The number of hydrogen-bond acceptors (Lipinski definition) is 3. The fourth-order valence-corrected chi connectivity index (χ4v) is 0.322. The zero-order valence-electron chi connectivity index (χ0n) is 6.55. The first-order chi connectivity index (χ1) is 5.18. The van der Waals surface area contributed by atoms with Crippen LogP contribution in [0.2, 0.25) is 0 Å². The van der Waals surface area contributed by atoms with Crippen LogP contribution in [0.25, 0.3) is 0 Å². The van der Waals surface area contributed by atoms with Gasteiger partial charge in [0, 0.05) is 12.5 Å². The topological polar surface area (TPSA) is 72.5 Å². The Bertz CT molecular complexity index is 87.9. The zero-order chi connectivity index (χ0) is 9.11. The van der Waals surface area contributed by atoms with Crippen molar-refractivity contribution in [1.82, 2.24) is 0 Å². The first-order valence-electron chi connectivity index (χ1n) is 3.28. The van der Waals surface area contributed by atoms with Gasteiger partial charge in [-0.2, -0.15) is 0 Å². The smallest absolute Gasteiger partial charge is 0.404 e. The van der Waals surface area contributed by atoms with Crippen molar-refractivity contribution in [1.29, 1.82) is 0 Å². The monoisotopic (exact) mass is 183 g/mol. The lowest BCUT2D eigenvalue weighted by Gasteiger charge is -1.89. The van der Waals surface area contributed by atoms with Crippen LogP contribution in [0.4, 0.5) is 4.79 Å². The van der Waals surface area contributed by atoms with Crippen molar-refractivity contribution in [2.45, 2.75) is 13.3 Å². The number of amides is 1. The minimum Gasteiger partial charge on any atom is -0.450 e. The third kappa shape index (κ3) is 26.4.